The van der Waals surface area contributed by atoms with Crippen molar-refractivity contribution in [1.29, 1.82) is 0 Å². The second-order valence-corrected chi connectivity index (χ2v) is 4.54. The van der Waals surface area contributed by atoms with Gasteiger partial charge in [0.25, 0.3) is 0 Å². The molecule has 1 unspecified atom stereocenters. The fraction of sp³-hybridized carbons (Fsp3) is 0.417. The monoisotopic (exact) mass is 225 g/mol. The standard InChI is InChI=1S/C12H16ClNO/c1-7(2)8(3)12(15)10-5-4-9(14)6-11(10)13/h4-8H,14H2,1-3H3. The topological polar surface area (TPSA) is 43.1 Å². The van der Waals surface area contributed by atoms with Gasteiger partial charge in [0.2, 0.25) is 0 Å². The molecule has 0 amide bonds. The number of halogens is 1. The van der Waals surface area contributed by atoms with Crippen molar-refractivity contribution in [2.75, 3.05) is 5.73 Å². The minimum absolute atomic E-state index is 0.0221. The van der Waals surface area contributed by atoms with Gasteiger partial charge < -0.3 is 5.73 Å². The summed E-state index contributed by atoms with van der Waals surface area (Å²) in [6.45, 7) is 5.96. The van der Waals surface area contributed by atoms with Gasteiger partial charge in [-0.1, -0.05) is 32.4 Å². The number of Topliss-reactive ketones (excluding diaryl/α,β-unsaturated/α-hetero) is 1. The third-order valence-corrected chi connectivity index (χ3v) is 2.98. The first-order valence-corrected chi connectivity index (χ1v) is 5.40. The number of hydrogen-bond acceptors (Lipinski definition) is 2. The molecule has 82 valence electrons. The van der Waals surface area contributed by atoms with Crippen LogP contribution in [-0.4, -0.2) is 5.78 Å². The van der Waals surface area contributed by atoms with E-state index in [0.717, 1.165) is 0 Å². The van der Waals surface area contributed by atoms with Crippen molar-refractivity contribution in [3.63, 3.8) is 0 Å². The van der Waals surface area contributed by atoms with E-state index >= 15 is 0 Å². The van der Waals surface area contributed by atoms with Gasteiger partial charge in [-0.3, -0.25) is 4.79 Å². The molecule has 0 aromatic heterocycles. The molecule has 0 saturated heterocycles. The SMILES string of the molecule is CC(C)C(C)C(=O)c1ccc(N)cc1Cl. The van der Waals surface area contributed by atoms with Gasteiger partial charge in [-0.15, -0.1) is 0 Å². The van der Waals surface area contributed by atoms with Crippen LogP contribution < -0.4 is 5.73 Å². The number of anilines is 1. The summed E-state index contributed by atoms with van der Waals surface area (Å²) in [6, 6.07) is 5.01. The molecular weight excluding hydrogens is 210 g/mol. The van der Waals surface area contributed by atoms with Crippen LogP contribution in [0.3, 0.4) is 0 Å². The summed E-state index contributed by atoms with van der Waals surface area (Å²) < 4.78 is 0. The molecule has 0 aliphatic rings. The number of nitrogen functional groups attached to an aromatic ring is 1. The number of benzene rings is 1. The third kappa shape index (κ3) is 2.72. The molecule has 0 spiro atoms. The average molecular weight is 226 g/mol. The van der Waals surface area contributed by atoms with Crippen molar-refractivity contribution in [1.82, 2.24) is 0 Å². The Morgan fingerprint density at radius 3 is 2.40 bits per heavy atom. The molecule has 0 aliphatic carbocycles. The number of rotatable bonds is 3. The highest BCUT2D eigenvalue weighted by atomic mass is 35.5. The van der Waals surface area contributed by atoms with Gasteiger partial charge in [-0.2, -0.15) is 0 Å². The maximum Gasteiger partial charge on any atom is 0.167 e. The normalized spacial score (nSPS) is 12.9. The highest BCUT2D eigenvalue weighted by Crippen LogP contribution is 2.24. The Hall–Kier alpha value is -1.02. The lowest BCUT2D eigenvalue weighted by atomic mass is 9.90. The van der Waals surface area contributed by atoms with E-state index in [2.05, 4.69) is 0 Å². The molecular formula is C12H16ClNO. The molecule has 0 radical (unpaired) electrons. The fourth-order valence-electron chi connectivity index (χ4n) is 1.28. The Balaban J connectivity index is 3.01. The Morgan fingerprint density at radius 1 is 1.33 bits per heavy atom. The zero-order valence-electron chi connectivity index (χ0n) is 9.25. The van der Waals surface area contributed by atoms with Crippen molar-refractivity contribution in [3.8, 4) is 0 Å². The van der Waals surface area contributed by atoms with Gasteiger partial charge in [-0.05, 0) is 24.1 Å². The lowest BCUT2D eigenvalue weighted by molar-refractivity contribution is 0.0900. The van der Waals surface area contributed by atoms with Crippen LogP contribution in [0.1, 0.15) is 31.1 Å². The van der Waals surface area contributed by atoms with Crippen LogP contribution in [0.4, 0.5) is 5.69 Å². The van der Waals surface area contributed by atoms with Gasteiger partial charge in [0.05, 0.1) is 5.02 Å². The first-order chi connectivity index (χ1) is 6.93. The molecule has 0 fully saturated rings. The van der Waals surface area contributed by atoms with E-state index < -0.39 is 0 Å². The number of nitrogens with two attached hydrogens (primary N) is 1. The largest absolute Gasteiger partial charge is 0.399 e. The van der Waals surface area contributed by atoms with Crippen LogP contribution >= 0.6 is 11.6 Å². The predicted octanol–water partition coefficient (Wildman–Crippen LogP) is 3.40. The molecule has 0 heterocycles. The molecule has 2 nitrogen and oxygen atoms in total. The van der Waals surface area contributed by atoms with Crippen LogP contribution in [0.2, 0.25) is 5.02 Å². The lowest BCUT2D eigenvalue weighted by Crippen LogP contribution is -2.17. The third-order valence-electron chi connectivity index (χ3n) is 2.67. The van der Waals surface area contributed by atoms with Crippen molar-refractivity contribution in [3.05, 3.63) is 28.8 Å². The zero-order valence-corrected chi connectivity index (χ0v) is 10.0. The van der Waals surface area contributed by atoms with Crippen LogP contribution in [-0.2, 0) is 0 Å². The summed E-state index contributed by atoms with van der Waals surface area (Å²) in [6.07, 6.45) is 0. The molecule has 15 heavy (non-hydrogen) atoms. The summed E-state index contributed by atoms with van der Waals surface area (Å²) >= 11 is 5.97. The molecule has 0 aliphatic heterocycles. The molecule has 1 atom stereocenters. The number of hydrogen-bond donors (Lipinski definition) is 1. The van der Waals surface area contributed by atoms with Crippen molar-refractivity contribution in [2.24, 2.45) is 11.8 Å². The molecule has 0 saturated carbocycles. The first kappa shape index (κ1) is 12.1. The highest BCUT2D eigenvalue weighted by Gasteiger charge is 2.20. The van der Waals surface area contributed by atoms with E-state index in [-0.39, 0.29) is 11.7 Å². The second kappa shape index (κ2) is 4.67. The molecule has 1 aromatic carbocycles. The smallest absolute Gasteiger partial charge is 0.167 e. The van der Waals surface area contributed by atoms with Gasteiger partial charge in [0.1, 0.15) is 0 Å². The van der Waals surface area contributed by atoms with E-state index in [0.29, 0.717) is 22.2 Å². The average Bonchev–Trinajstić information content (AvgIpc) is 2.15. The van der Waals surface area contributed by atoms with Gasteiger partial charge in [-0.25, -0.2) is 0 Å². The molecule has 3 heteroatoms. The minimum atomic E-state index is -0.0221. The van der Waals surface area contributed by atoms with Crippen LogP contribution in [0.25, 0.3) is 0 Å². The Morgan fingerprint density at radius 2 is 1.93 bits per heavy atom. The highest BCUT2D eigenvalue weighted by molar-refractivity contribution is 6.34. The lowest BCUT2D eigenvalue weighted by Gasteiger charge is -2.15. The summed E-state index contributed by atoms with van der Waals surface area (Å²) in [5.74, 6) is 0.368. The van der Waals surface area contributed by atoms with Crippen LogP contribution in [0.15, 0.2) is 18.2 Å². The molecule has 0 bridgehead atoms. The van der Waals surface area contributed by atoms with Crippen LogP contribution in [0.5, 0.6) is 0 Å². The van der Waals surface area contributed by atoms with Crippen molar-refractivity contribution < 1.29 is 4.79 Å². The van der Waals surface area contributed by atoms with Gasteiger partial charge >= 0.3 is 0 Å². The van der Waals surface area contributed by atoms with Gasteiger partial charge in [0, 0.05) is 17.2 Å². The van der Waals surface area contributed by atoms with E-state index in [4.69, 9.17) is 17.3 Å². The number of carbonyl (C=O) groups excluding carboxylic acids is 1. The Bertz CT molecular complexity index is 374. The first-order valence-electron chi connectivity index (χ1n) is 5.02. The Labute approximate surface area is 95.4 Å². The van der Waals surface area contributed by atoms with Crippen molar-refractivity contribution in [2.45, 2.75) is 20.8 Å². The summed E-state index contributed by atoms with van der Waals surface area (Å²) in [4.78, 5) is 12.0. The van der Waals surface area contributed by atoms with E-state index in [1.54, 1.807) is 18.2 Å². The van der Waals surface area contributed by atoms with Crippen molar-refractivity contribution >= 4 is 23.1 Å². The fourth-order valence-corrected chi connectivity index (χ4v) is 1.56. The zero-order chi connectivity index (χ0) is 11.6. The minimum Gasteiger partial charge on any atom is -0.399 e. The second-order valence-electron chi connectivity index (χ2n) is 4.14. The number of ketones is 1. The molecule has 1 aromatic rings. The molecule has 1 rings (SSSR count). The summed E-state index contributed by atoms with van der Waals surface area (Å²) in [5.41, 5.74) is 6.71. The molecule has 2 N–H and O–H groups in total. The summed E-state index contributed by atoms with van der Waals surface area (Å²) in [7, 11) is 0. The Kier molecular flexibility index (Phi) is 3.75. The van der Waals surface area contributed by atoms with E-state index in [9.17, 15) is 4.79 Å². The predicted molar refractivity (Wildman–Crippen MR) is 64.2 cm³/mol. The van der Waals surface area contributed by atoms with E-state index in [1.165, 1.54) is 0 Å². The van der Waals surface area contributed by atoms with Gasteiger partial charge in [0.15, 0.2) is 5.78 Å². The quantitative estimate of drug-likeness (QED) is 0.633. The van der Waals surface area contributed by atoms with E-state index in [1.807, 2.05) is 20.8 Å². The summed E-state index contributed by atoms with van der Waals surface area (Å²) in [5, 5.41) is 0.438. The van der Waals surface area contributed by atoms with Crippen LogP contribution in [0, 0.1) is 11.8 Å². The maximum atomic E-state index is 12.0. The maximum absolute atomic E-state index is 12.0. The number of carbonyl (C=O) groups is 1.